The zero-order valence-corrected chi connectivity index (χ0v) is 8.51. The zero-order valence-electron chi connectivity index (χ0n) is 8.51. The van der Waals surface area contributed by atoms with Crippen molar-refractivity contribution < 1.29 is 19.7 Å². The Hall–Kier alpha value is -1.55. The number of rotatable bonds is 4. The number of aliphatic hydroxyl groups is 1. The molecule has 0 amide bonds. The van der Waals surface area contributed by atoms with E-state index < -0.39 is 6.10 Å². The number of aromatic hydroxyl groups is 1. The maximum absolute atomic E-state index is 10.8. The SMILES string of the molecule is COC(=O)CC[C@H](O)c1cccc(O)c1. The van der Waals surface area contributed by atoms with E-state index in [1.807, 2.05) is 0 Å². The molecule has 0 heterocycles. The number of esters is 1. The van der Waals surface area contributed by atoms with Crippen LogP contribution in [-0.4, -0.2) is 23.3 Å². The maximum Gasteiger partial charge on any atom is 0.305 e. The van der Waals surface area contributed by atoms with Gasteiger partial charge in [0.2, 0.25) is 0 Å². The summed E-state index contributed by atoms with van der Waals surface area (Å²) in [7, 11) is 1.31. The number of hydrogen-bond acceptors (Lipinski definition) is 4. The molecular weight excluding hydrogens is 196 g/mol. The Bertz CT molecular complexity index is 335. The van der Waals surface area contributed by atoms with E-state index in [9.17, 15) is 15.0 Å². The van der Waals surface area contributed by atoms with Crippen LogP contribution in [0.2, 0.25) is 0 Å². The van der Waals surface area contributed by atoms with Crippen LogP contribution in [0.5, 0.6) is 5.75 Å². The molecule has 1 rings (SSSR count). The summed E-state index contributed by atoms with van der Waals surface area (Å²) in [6.45, 7) is 0. The van der Waals surface area contributed by atoms with Gasteiger partial charge in [-0.25, -0.2) is 0 Å². The molecule has 82 valence electrons. The fraction of sp³-hybridized carbons (Fsp3) is 0.364. The molecule has 0 aliphatic heterocycles. The van der Waals surface area contributed by atoms with E-state index in [-0.39, 0.29) is 24.6 Å². The smallest absolute Gasteiger partial charge is 0.305 e. The molecule has 0 aliphatic rings. The fourth-order valence-corrected chi connectivity index (χ4v) is 1.26. The summed E-state index contributed by atoms with van der Waals surface area (Å²) in [6.07, 6.45) is -0.306. The summed E-state index contributed by atoms with van der Waals surface area (Å²) in [5.74, 6) is -0.251. The number of carbonyl (C=O) groups is 1. The molecule has 2 N–H and O–H groups in total. The summed E-state index contributed by atoms with van der Waals surface area (Å²) in [6, 6.07) is 6.34. The van der Waals surface area contributed by atoms with Crippen molar-refractivity contribution in [1.82, 2.24) is 0 Å². The van der Waals surface area contributed by atoms with Gasteiger partial charge in [0.05, 0.1) is 13.2 Å². The van der Waals surface area contributed by atoms with Gasteiger partial charge in [0.1, 0.15) is 5.75 Å². The third-order valence-electron chi connectivity index (χ3n) is 2.10. The Morgan fingerprint density at radius 1 is 1.53 bits per heavy atom. The van der Waals surface area contributed by atoms with E-state index in [2.05, 4.69) is 4.74 Å². The van der Waals surface area contributed by atoms with Crippen LogP contribution in [0.1, 0.15) is 24.5 Å². The van der Waals surface area contributed by atoms with Crippen molar-refractivity contribution in [2.45, 2.75) is 18.9 Å². The number of ether oxygens (including phenoxy) is 1. The normalized spacial score (nSPS) is 12.1. The molecule has 1 atom stereocenters. The molecule has 4 nitrogen and oxygen atoms in total. The number of methoxy groups -OCH3 is 1. The molecule has 0 fully saturated rings. The third-order valence-corrected chi connectivity index (χ3v) is 2.10. The van der Waals surface area contributed by atoms with Crippen molar-refractivity contribution in [3.05, 3.63) is 29.8 Å². The van der Waals surface area contributed by atoms with Gasteiger partial charge in [-0.1, -0.05) is 12.1 Å². The molecule has 0 bridgehead atoms. The van der Waals surface area contributed by atoms with Gasteiger partial charge in [-0.2, -0.15) is 0 Å². The highest BCUT2D eigenvalue weighted by Gasteiger charge is 2.10. The van der Waals surface area contributed by atoms with Crippen molar-refractivity contribution in [3.8, 4) is 5.75 Å². The summed E-state index contributed by atoms with van der Waals surface area (Å²) < 4.78 is 4.46. The molecular formula is C11H14O4. The summed E-state index contributed by atoms with van der Waals surface area (Å²) in [4.78, 5) is 10.8. The topological polar surface area (TPSA) is 66.8 Å². The van der Waals surface area contributed by atoms with Gasteiger partial charge >= 0.3 is 5.97 Å². The zero-order chi connectivity index (χ0) is 11.3. The van der Waals surface area contributed by atoms with Gasteiger partial charge in [-0.05, 0) is 24.1 Å². The molecule has 0 radical (unpaired) electrons. The Morgan fingerprint density at radius 3 is 2.87 bits per heavy atom. The summed E-state index contributed by atoms with van der Waals surface area (Å²) >= 11 is 0. The predicted octanol–water partition coefficient (Wildman–Crippen LogP) is 1.38. The van der Waals surface area contributed by atoms with Crippen molar-refractivity contribution in [1.29, 1.82) is 0 Å². The minimum atomic E-state index is -0.754. The van der Waals surface area contributed by atoms with Crippen molar-refractivity contribution in [2.75, 3.05) is 7.11 Å². The molecule has 0 spiro atoms. The molecule has 0 unspecified atom stereocenters. The lowest BCUT2D eigenvalue weighted by Gasteiger charge is -2.10. The molecule has 15 heavy (non-hydrogen) atoms. The van der Waals surface area contributed by atoms with Crippen molar-refractivity contribution in [3.63, 3.8) is 0 Å². The first-order valence-electron chi connectivity index (χ1n) is 4.67. The monoisotopic (exact) mass is 210 g/mol. The minimum absolute atomic E-state index is 0.101. The van der Waals surface area contributed by atoms with E-state index >= 15 is 0 Å². The van der Waals surface area contributed by atoms with Crippen LogP contribution in [0, 0.1) is 0 Å². The van der Waals surface area contributed by atoms with Crippen LogP contribution in [0.25, 0.3) is 0 Å². The molecule has 0 saturated heterocycles. The molecule has 0 aromatic heterocycles. The van der Waals surface area contributed by atoms with Gasteiger partial charge in [0, 0.05) is 6.42 Å². The van der Waals surface area contributed by atoms with Crippen LogP contribution < -0.4 is 0 Å². The van der Waals surface area contributed by atoms with Crippen LogP contribution in [0.15, 0.2) is 24.3 Å². The standard InChI is InChI=1S/C11H14O4/c1-15-11(14)6-5-10(13)8-3-2-4-9(12)7-8/h2-4,7,10,12-13H,5-6H2,1H3/t10-/m0/s1. The first-order valence-corrected chi connectivity index (χ1v) is 4.67. The van der Waals surface area contributed by atoms with E-state index in [0.717, 1.165) is 0 Å². The lowest BCUT2D eigenvalue weighted by atomic mass is 10.0. The number of aliphatic hydroxyl groups excluding tert-OH is 1. The summed E-state index contributed by atoms with van der Waals surface area (Å²) in [5, 5.41) is 18.9. The molecule has 1 aromatic carbocycles. The Kier molecular flexibility index (Phi) is 4.12. The quantitative estimate of drug-likeness (QED) is 0.737. The molecule has 0 saturated carbocycles. The Morgan fingerprint density at radius 2 is 2.27 bits per heavy atom. The second-order valence-electron chi connectivity index (χ2n) is 3.23. The predicted molar refractivity (Wildman–Crippen MR) is 54.3 cm³/mol. The van der Waals surface area contributed by atoms with Crippen molar-refractivity contribution >= 4 is 5.97 Å². The number of hydrogen-bond donors (Lipinski definition) is 2. The fourth-order valence-electron chi connectivity index (χ4n) is 1.26. The number of phenols is 1. The molecule has 1 aromatic rings. The average molecular weight is 210 g/mol. The van der Waals surface area contributed by atoms with Crippen LogP contribution >= 0.6 is 0 Å². The average Bonchev–Trinajstić information content (AvgIpc) is 2.25. The van der Waals surface area contributed by atoms with Crippen molar-refractivity contribution in [2.24, 2.45) is 0 Å². The first-order chi connectivity index (χ1) is 7.13. The van der Waals surface area contributed by atoms with E-state index in [0.29, 0.717) is 5.56 Å². The molecule has 0 aliphatic carbocycles. The highest BCUT2D eigenvalue weighted by atomic mass is 16.5. The van der Waals surface area contributed by atoms with Gasteiger partial charge in [0.25, 0.3) is 0 Å². The number of carbonyl (C=O) groups excluding carboxylic acids is 1. The van der Waals surface area contributed by atoms with E-state index in [1.54, 1.807) is 12.1 Å². The Balaban J connectivity index is 2.53. The highest BCUT2D eigenvalue weighted by molar-refractivity contribution is 5.69. The lowest BCUT2D eigenvalue weighted by Crippen LogP contribution is -2.04. The second-order valence-corrected chi connectivity index (χ2v) is 3.23. The summed E-state index contributed by atoms with van der Waals surface area (Å²) in [5.41, 5.74) is 0.596. The van der Waals surface area contributed by atoms with Gasteiger partial charge in [-0.15, -0.1) is 0 Å². The van der Waals surface area contributed by atoms with Gasteiger partial charge in [0.15, 0.2) is 0 Å². The first kappa shape index (κ1) is 11.5. The number of phenolic OH excluding ortho intramolecular Hbond substituents is 1. The van der Waals surface area contributed by atoms with E-state index in [4.69, 9.17) is 0 Å². The van der Waals surface area contributed by atoms with Crippen LogP contribution in [0.4, 0.5) is 0 Å². The van der Waals surface area contributed by atoms with Crippen LogP contribution in [-0.2, 0) is 9.53 Å². The minimum Gasteiger partial charge on any atom is -0.508 e. The third kappa shape index (κ3) is 3.59. The maximum atomic E-state index is 10.8. The van der Waals surface area contributed by atoms with Crippen LogP contribution in [0.3, 0.4) is 0 Å². The van der Waals surface area contributed by atoms with Gasteiger partial charge < -0.3 is 14.9 Å². The molecule has 4 heteroatoms. The highest BCUT2D eigenvalue weighted by Crippen LogP contribution is 2.21. The van der Waals surface area contributed by atoms with Gasteiger partial charge in [-0.3, -0.25) is 4.79 Å². The largest absolute Gasteiger partial charge is 0.508 e. The second kappa shape index (κ2) is 5.36. The van der Waals surface area contributed by atoms with E-state index in [1.165, 1.54) is 19.2 Å². The number of benzene rings is 1. The lowest BCUT2D eigenvalue weighted by molar-refractivity contribution is -0.141. The Labute approximate surface area is 88.1 Å².